The molecule has 2 fully saturated rings. The lowest BCUT2D eigenvalue weighted by atomic mass is 9.98. The summed E-state index contributed by atoms with van der Waals surface area (Å²) in [6.45, 7) is 4.56. The maximum Gasteiger partial charge on any atom is 0.254 e. The summed E-state index contributed by atoms with van der Waals surface area (Å²) in [7, 11) is 0. The molecule has 6 rings (SSSR count). The van der Waals surface area contributed by atoms with Crippen molar-refractivity contribution in [3.63, 3.8) is 0 Å². The lowest BCUT2D eigenvalue weighted by molar-refractivity contribution is -0.0847. The minimum absolute atomic E-state index is 0.0605. The van der Waals surface area contributed by atoms with Crippen LogP contribution in [0.15, 0.2) is 79.0 Å². The summed E-state index contributed by atoms with van der Waals surface area (Å²) in [5.74, 6) is 0.932. The summed E-state index contributed by atoms with van der Waals surface area (Å²) in [4.78, 5) is 27.3. The molecule has 3 heterocycles. The van der Waals surface area contributed by atoms with Crippen LogP contribution in [0.2, 0.25) is 0 Å². The highest BCUT2D eigenvalue weighted by Gasteiger charge is 2.38. The standard InChI is InChI=1S/C28H26N4O2/c1-19-8-7-13-25-27(19)30-26(14-29-25)31-15-21-17-32(18-22(16-31)34-21)28(33)24-12-6-5-11-23(24)20-9-3-2-4-10-20/h2-14,21-22H,15-18H2,1H3. The molecule has 2 aliphatic rings. The van der Waals surface area contributed by atoms with Crippen molar-refractivity contribution in [2.75, 3.05) is 31.1 Å². The third-order valence-electron chi connectivity index (χ3n) is 6.70. The van der Waals surface area contributed by atoms with Crippen LogP contribution >= 0.6 is 0 Å². The molecular weight excluding hydrogens is 424 g/mol. The van der Waals surface area contributed by atoms with E-state index >= 15 is 0 Å². The third kappa shape index (κ3) is 3.80. The van der Waals surface area contributed by atoms with E-state index in [-0.39, 0.29) is 18.1 Å². The van der Waals surface area contributed by atoms with Crippen LogP contribution < -0.4 is 4.90 Å². The van der Waals surface area contributed by atoms with Gasteiger partial charge in [-0.2, -0.15) is 0 Å². The Morgan fingerprint density at radius 1 is 0.882 bits per heavy atom. The number of aryl methyl sites for hydroxylation is 1. The van der Waals surface area contributed by atoms with Gasteiger partial charge >= 0.3 is 0 Å². The number of nitrogens with zero attached hydrogens (tertiary/aromatic N) is 4. The second-order valence-electron chi connectivity index (χ2n) is 9.08. The summed E-state index contributed by atoms with van der Waals surface area (Å²) >= 11 is 0. The number of benzene rings is 3. The van der Waals surface area contributed by atoms with Crippen LogP contribution in [0.5, 0.6) is 0 Å². The van der Waals surface area contributed by atoms with Gasteiger partial charge in [0.25, 0.3) is 5.91 Å². The first kappa shape index (κ1) is 20.8. The van der Waals surface area contributed by atoms with Gasteiger partial charge in [0.15, 0.2) is 0 Å². The molecule has 1 aromatic heterocycles. The molecule has 2 bridgehead atoms. The maximum atomic E-state index is 13.6. The zero-order valence-corrected chi connectivity index (χ0v) is 19.1. The number of amides is 1. The summed E-state index contributed by atoms with van der Waals surface area (Å²) in [6.07, 6.45) is 1.73. The second kappa shape index (κ2) is 8.54. The molecule has 2 unspecified atom stereocenters. The molecule has 1 amide bonds. The fourth-order valence-corrected chi connectivity index (χ4v) is 5.07. The van der Waals surface area contributed by atoms with E-state index in [0.717, 1.165) is 39.1 Å². The van der Waals surface area contributed by atoms with Crippen molar-refractivity contribution in [3.8, 4) is 11.1 Å². The SMILES string of the molecule is Cc1cccc2ncc(N3CC4CN(C(=O)c5ccccc5-c5ccccc5)CC(C3)O4)nc12. The molecule has 4 aromatic rings. The Hall–Kier alpha value is -3.77. The highest BCUT2D eigenvalue weighted by atomic mass is 16.5. The minimum Gasteiger partial charge on any atom is -0.368 e. The van der Waals surface area contributed by atoms with Crippen molar-refractivity contribution in [2.45, 2.75) is 19.1 Å². The van der Waals surface area contributed by atoms with Crippen molar-refractivity contribution < 1.29 is 9.53 Å². The Kier molecular flexibility index (Phi) is 5.23. The Morgan fingerprint density at radius 3 is 2.41 bits per heavy atom. The van der Waals surface area contributed by atoms with Gasteiger partial charge in [0.2, 0.25) is 0 Å². The van der Waals surface area contributed by atoms with Gasteiger partial charge in [-0.05, 0) is 35.7 Å². The Labute approximate surface area is 198 Å². The first-order valence-corrected chi connectivity index (χ1v) is 11.7. The average Bonchev–Trinajstić information content (AvgIpc) is 2.88. The van der Waals surface area contributed by atoms with Crippen molar-refractivity contribution >= 4 is 22.8 Å². The smallest absolute Gasteiger partial charge is 0.254 e. The van der Waals surface area contributed by atoms with E-state index in [1.54, 1.807) is 0 Å². The van der Waals surface area contributed by atoms with Crippen molar-refractivity contribution in [1.29, 1.82) is 0 Å². The molecule has 0 saturated carbocycles. The number of hydrogen-bond acceptors (Lipinski definition) is 5. The van der Waals surface area contributed by atoms with Crippen molar-refractivity contribution in [3.05, 3.63) is 90.1 Å². The maximum absolute atomic E-state index is 13.6. The third-order valence-corrected chi connectivity index (χ3v) is 6.70. The van der Waals surface area contributed by atoms with Crippen LogP contribution in [0, 0.1) is 6.92 Å². The number of ether oxygens (including phenoxy) is 1. The quantitative estimate of drug-likeness (QED) is 0.465. The van der Waals surface area contributed by atoms with Gasteiger partial charge in [0.05, 0.1) is 29.4 Å². The van der Waals surface area contributed by atoms with Gasteiger partial charge in [0, 0.05) is 31.7 Å². The zero-order valence-electron chi connectivity index (χ0n) is 19.1. The fourth-order valence-electron chi connectivity index (χ4n) is 5.07. The fraction of sp³-hybridized carbons (Fsp3) is 0.250. The first-order chi connectivity index (χ1) is 16.7. The van der Waals surface area contributed by atoms with Gasteiger partial charge in [-0.15, -0.1) is 0 Å². The van der Waals surface area contributed by atoms with Gasteiger partial charge in [-0.1, -0.05) is 60.7 Å². The number of aromatic nitrogens is 2. The molecule has 3 aromatic carbocycles. The predicted octanol–water partition coefficient (Wildman–Crippen LogP) is 4.34. The number of hydrogen-bond donors (Lipinski definition) is 0. The van der Waals surface area contributed by atoms with Crippen LogP contribution in [-0.4, -0.2) is 59.2 Å². The predicted molar refractivity (Wildman–Crippen MR) is 133 cm³/mol. The van der Waals surface area contributed by atoms with Gasteiger partial charge in [-0.3, -0.25) is 9.78 Å². The van der Waals surface area contributed by atoms with Crippen LogP contribution in [0.1, 0.15) is 15.9 Å². The van der Waals surface area contributed by atoms with Crippen molar-refractivity contribution in [2.24, 2.45) is 0 Å². The van der Waals surface area contributed by atoms with E-state index in [2.05, 4.69) is 22.9 Å². The molecular formula is C28H26N4O2. The molecule has 6 heteroatoms. The minimum atomic E-state index is -0.0605. The lowest BCUT2D eigenvalue weighted by Gasteiger charge is -2.46. The molecule has 0 spiro atoms. The Bertz CT molecular complexity index is 1340. The number of carbonyl (C=O) groups excluding carboxylic acids is 1. The van der Waals surface area contributed by atoms with E-state index in [4.69, 9.17) is 9.72 Å². The number of fused-ring (bicyclic) bond motifs is 3. The highest BCUT2D eigenvalue weighted by molar-refractivity contribution is 6.01. The normalized spacial score (nSPS) is 19.9. The molecule has 170 valence electrons. The molecule has 6 nitrogen and oxygen atoms in total. The summed E-state index contributed by atoms with van der Waals surface area (Å²) in [5, 5.41) is 0. The summed E-state index contributed by atoms with van der Waals surface area (Å²) < 4.78 is 6.23. The first-order valence-electron chi connectivity index (χ1n) is 11.7. The topological polar surface area (TPSA) is 58.6 Å². The van der Waals surface area contributed by atoms with Gasteiger partial charge in [-0.25, -0.2) is 4.98 Å². The largest absolute Gasteiger partial charge is 0.368 e. The number of anilines is 1. The number of rotatable bonds is 3. The van der Waals surface area contributed by atoms with Gasteiger partial charge in [0.1, 0.15) is 5.82 Å². The molecule has 0 aliphatic carbocycles. The van der Waals surface area contributed by atoms with E-state index in [9.17, 15) is 4.79 Å². The average molecular weight is 451 g/mol. The van der Waals surface area contributed by atoms with Crippen molar-refractivity contribution in [1.82, 2.24) is 14.9 Å². The summed E-state index contributed by atoms with van der Waals surface area (Å²) in [6, 6.07) is 24.0. The van der Waals surface area contributed by atoms with Crippen LogP contribution in [0.3, 0.4) is 0 Å². The Balaban J connectivity index is 1.22. The molecule has 0 radical (unpaired) electrons. The number of para-hydroxylation sites is 1. The Morgan fingerprint density at radius 2 is 1.62 bits per heavy atom. The van der Waals surface area contributed by atoms with Crippen LogP contribution in [0.25, 0.3) is 22.2 Å². The molecule has 2 saturated heterocycles. The molecule has 0 N–H and O–H groups in total. The van der Waals surface area contributed by atoms with E-state index in [1.165, 1.54) is 0 Å². The molecule has 2 aliphatic heterocycles. The van der Waals surface area contributed by atoms with Gasteiger partial charge < -0.3 is 14.5 Å². The highest BCUT2D eigenvalue weighted by Crippen LogP contribution is 2.28. The monoisotopic (exact) mass is 450 g/mol. The number of carbonyl (C=O) groups is 1. The second-order valence-corrected chi connectivity index (χ2v) is 9.08. The van der Waals surface area contributed by atoms with Crippen LogP contribution in [-0.2, 0) is 4.74 Å². The van der Waals surface area contributed by atoms with Crippen LogP contribution in [0.4, 0.5) is 5.82 Å². The summed E-state index contributed by atoms with van der Waals surface area (Å²) in [5.41, 5.74) is 5.72. The molecule has 2 atom stereocenters. The number of morpholine rings is 2. The lowest BCUT2D eigenvalue weighted by Crippen LogP contribution is -2.60. The molecule has 34 heavy (non-hydrogen) atoms. The zero-order chi connectivity index (χ0) is 23.1. The van der Waals surface area contributed by atoms with E-state index in [0.29, 0.717) is 26.2 Å². The van der Waals surface area contributed by atoms with E-state index < -0.39 is 0 Å². The van der Waals surface area contributed by atoms with E-state index in [1.807, 2.05) is 77.8 Å².